The Morgan fingerprint density at radius 2 is 2.05 bits per heavy atom. The van der Waals surface area contributed by atoms with Crippen molar-refractivity contribution in [2.75, 3.05) is 12.8 Å². The maximum atomic E-state index is 13.8. The molecular weight excluding hydrogens is 334 g/mol. The quantitative estimate of drug-likeness (QED) is 0.870. The number of benzene rings is 1. The molecule has 2 N–H and O–H groups in total. The van der Waals surface area contributed by atoms with Crippen LogP contribution in [0.25, 0.3) is 0 Å². The van der Waals surface area contributed by atoms with Crippen LogP contribution in [0.15, 0.2) is 33.4 Å². The molecule has 1 aromatic carbocycles. The van der Waals surface area contributed by atoms with Crippen molar-refractivity contribution in [2.24, 2.45) is 0 Å². The van der Waals surface area contributed by atoms with Gasteiger partial charge in [-0.1, -0.05) is 0 Å². The molecule has 0 bridgehead atoms. The van der Waals surface area contributed by atoms with Crippen LogP contribution in [-0.4, -0.2) is 17.9 Å². The van der Waals surface area contributed by atoms with Crippen molar-refractivity contribution in [2.45, 2.75) is 6.54 Å². The minimum Gasteiger partial charge on any atom is -0.452 e. The number of hydrogen-bond acceptors (Lipinski definition) is 3. The molecule has 0 saturated carbocycles. The molecule has 0 aliphatic carbocycles. The number of furan rings is 1. The number of halogens is 3. The summed E-state index contributed by atoms with van der Waals surface area (Å²) in [7, 11) is 1.42. The maximum absolute atomic E-state index is 13.8. The number of nitrogen functional groups attached to an aromatic ring is 1. The summed E-state index contributed by atoms with van der Waals surface area (Å²) in [6, 6.07) is 5.35. The Morgan fingerprint density at radius 3 is 2.65 bits per heavy atom. The number of nitrogens with two attached hydrogens (primary N) is 1. The Labute approximate surface area is 122 Å². The van der Waals surface area contributed by atoms with E-state index in [1.807, 2.05) is 0 Å². The molecule has 7 heteroatoms. The van der Waals surface area contributed by atoms with Crippen LogP contribution in [-0.2, 0) is 6.54 Å². The topological polar surface area (TPSA) is 59.5 Å². The zero-order chi connectivity index (χ0) is 14.9. The highest BCUT2D eigenvalue weighted by Gasteiger charge is 2.23. The minimum absolute atomic E-state index is 0.0815. The molecule has 1 aromatic heterocycles. The molecule has 0 spiro atoms. The smallest absolute Gasteiger partial charge is 0.260 e. The third-order valence-electron chi connectivity index (χ3n) is 2.70. The normalized spacial score (nSPS) is 10.6. The van der Waals surface area contributed by atoms with Gasteiger partial charge in [-0.25, -0.2) is 8.78 Å². The lowest BCUT2D eigenvalue weighted by Gasteiger charge is -2.17. The van der Waals surface area contributed by atoms with E-state index < -0.39 is 23.1 Å². The highest BCUT2D eigenvalue weighted by atomic mass is 79.9. The van der Waals surface area contributed by atoms with Gasteiger partial charge in [0.2, 0.25) is 0 Å². The molecule has 2 rings (SSSR count). The van der Waals surface area contributed by atoms with E-state index in [1.54, 1.807) is 12.1 Å². The third kappa shape index (κ3) is 2.82. The number of anilines is 1. The first-order valence-corrected chi connectivity index (χ1v) is 6.42. The summed E-state index contributed by atoms with van der Waals surface area (Å²) in [4.78, 5) is 13.2. The van der Waals surface area contributed by atoms with E-state index in [4.69, 9.17) is 10.2 Å². The number of hydrogen-bond donors (Lipinski definition) is 1. The van der Waals surface area contributed by atoms with Crippen molar-refractivity contribution in [3.05, 3.63) is 51.9 Å². The van der Waals surface area contributed by atoms with Crippen LogP contribution in [0, 0.1) is 11.6 Å². The van der Waals surface area contributed by atoms with E-state index in [9.17, 15) is 13.6 Å². The average molecular weight is 345 g/mol. The van der Waals surface area contributed by atoms with Gasteiger partial charge in [-0.2, -0.15) is 0 Å². The Hall–Kier alpha value is -1.89. The number of nitrogens with zero attached hydrogens (tertiary/aromatic N) is 1. The molecule has 2 aromatic rings. The second-order valence-corrected chi connectivity index (χ2v) is 4.97. The molecule has 106 valence electrons. The minimum atomic E-state index is -1.05. The Bertz CT molecular complexity index is 658. The van der Waals surface area contributed by atoms with E-state index >= 15 is 0 Å². The van der Waals surface area contributed by atoms with E-state index in [-0.39, 0.29) is 12.2 Å². The summed E-state index contributed by atoms with van der Waals surface area (Å²) in [6.07, 6.45) is 0. The summed E-state index contributed by atoms with van der Waals surface area (Å²) in [6.45, 7) is 0.0815. The number of rotatable bonds is 3. The van der Waals surface area contributed by atoms with Gasteiger partial charge in [0.25, 0.3) is 5.91 Å². The average Bonchev–Trinajstić information content (AvgIpc) is 2.79. The lowest BCUT2D eigenvalue weighted by Crippen LogP contribution is -2.28. The van der Waals surface area contributed by atoms with Crippen LogP contribution in [0.3, 0.4) is 0 Å². The van der Waals surface area contributed by atoms with Crippen LogP contribution in [0.2, 0.25) is 0 Å². The van der Waals surface area contributed by atoms with Gasteiger partial charge in [0.05, 0.1) is 12.2 Å². The van der Waals surface area contributed by atoms with Crippen LogP contribution >= 0.6 is 15.9 Å². The van der Waals surface area contributed by atoms with E-state index in [2.05, 4.69) is 15.9 Å². The van der Waals surface area contributed by atoms with Crippen LogP contribution in [0.5, 0.6) is 0 Å². The van der Waals surface area contributed by atoms with Gasteiger partial charge < -0.3 is 15.1 Å². The molecule has 20 heavy (non-hydrogen) atoms. The fourth-order valence-electron chi connectivity index (χ4n) is 1.70. The lowest BCUT2D eigenvalue weighted by atomic mass is 10.1. The Balaban J connectivity index is 2.25. The molecular formula is C13H11BrF2N2O2. The third-order valence-corrected chi connectivity index (χ3v) is 3.13. The van der Waals surface area contributed by atoms with Crippen molar-refractivity contribution >= 4 is 27.5 Å². The molecule has 0 saturated heterocycles. The van der Waals surface area contributed by atoms with Crippen molar-refractivity contribution in [3.8, 4) is 0 Å². The van der Waals surface area contributed by atoms with Crippen molar-refractivity contribution < 1.29 is 18.0 Å². The van der Waals surface area contributed by atoms with Gasteiger partial charge >= 0.3 is 0 Å². The number of amides is 1. The van der Waals surface area contributed by atoms with Crippen LogP contribution in [0.1, 0.15) is 16.1 Å². The molecule has 4 nitrogen and oxygen atoms in total. The second kappa shape index (κ2) is 5.62. The summed E-state index contributed by atoms with van der Waals surface area (Å²) in [5, 5.41) is 0. The maximum Gasteiger partial charge on any atom is 0.260 e. The van der Waals surface area contributed by atoms with E-state index in [1.165, 1.54) is 7.05 Å². The summed E-state index contributed by atoms with van der Waals surface area (Å²) in [5.74, 6) is -2.33. The highest BCUT2D eigenvalue weighted by Crippen LogP contribution is 2.21. The van der Waals surface area contributed by atoms with Gasteiger partial charge in [0, 0.05) is 7.05 Å². The van der Waals surface area contributed by atoms with Crippen LogP contribution in [0.4, 0.5) is 14.5 Å². The monoisotopic (exact) mass is 344 g/mol. The first-order chi connectivity index (χ1) is 9.40. The molecule has 0 fully saturated rings. The predicted molar refractivity (Wildman–Crippen MR) is 73.0 cm³/mol. The van der Waals surface area contributed by atoms with E-state index in [0.717, 1.165) is 17.0 Å². The lowest BCUT2D eigenvalue weighted by molar-refractivity contribution is 0.0765. The van der Waals surface area contributed by atoms with Crippen molar-refractivity contribution in [3.63, 3.8) is 0 Å². The fourth-order valence-corrected chi connectivity index (χ4v) is 2.04. The van der Waals surface area contributed by atoms with Gasteiger partial charge in [0.1, 0.15) is 17.1 Å². The molecule has 0 atom stereocenters. The second-order valence-electron chi connectivity index (χ2n) is 4.19. The summed E-state index contributed by atoms with van der Waals surface area (Å²) < 4.78 is 33.1. The number of carbonyl (C=O) groups excluding carboxylic acids is 1. The zero-order valence-electron chi connectivity index (χ0n) is 10.5. The van der Waals surface area contributed by atoms with Crippen molar-refractivity contribution in [1.82, 2.24) is 4.90 Å². The molecule has 0 radical (unpaired) electrons. The standard InChI is InChI=1S/C13H11BrF2N2O2/c1-18(6-7-2-5-10(14)20-7)13(19)11-8(15)3-4-9(17)12(11)16/h2-5H,6,17H2,1H3. The highest BCUT2D eigenvalue weighted by molar-refractivity contribution is 9.10. The summed E-state index contributed by atoms with van der Waals surface area (Å²) >= 11 is 3.13. The van der Waals surface area contributed by atoms with Crippen molar-refractivity contribution in [1.29, 1.82) is 0 Å². The first-order valence-electron chi connectivity index (χ1n) is 5.63. The van der Waals surface area contributed by atoms with E-state index in [0.29, 0.717) is 10.4 Å². The molecule has 0 aliphatic heterocycles. The summed E-state index contributed by atoms with van der Waals surface area (Å²) in [5.41, 5.74) is 4.40. The molecule has 1 heterocycles. The van der Waals surface area contributed by atoms with Crippen LogP contribution < -0.4 is 5.73 Å². The number of carbonyl (C=O) groups is 1. The first kappa shape index (κ1) is 14.5. The molecule has 1 amide bonds. The van der Waals surface area contributed by atoms with Gasteiger partial charge in [-0.15, -0.1) is 0 Å². The van der Waals surface area contributed by atoms with Gasteiger partial charge in [0.15, 0.2) is 10.5 Å². The van der Waals surface area contributed by atoms with Gasteiger partial charge in [-0.3, -0.25) is 4.79 Å². The largest absolute Gasteiger partial charge is 0.452 e. The zero-order valence-corrected chi connectivity index (χ0v) is 12.1. The fraction of sp³-hybridized carbons (Fsp3) is 0.154. The molecule has 0 aliphatic rings. The Morgan fingerprint density at radius 1 is 1.35 bits per heavy atom. The molecule has 0 unspecified atom stereocenters. The predicted octanol–water partition coefficient (Wildman–Crippen LogP) is 3.17. The SMILES string of the molecule is CN(Cc1ccc(Br)o1)C(=O)c1c(F)ccc(N)c1F. The van der Waals surface area contributed by atoms with Gasteiger partial charge in [-0.05, 0) is 40.2 Å². The Kier molecular flexibility index (Phi) is 4.08.